The van der Waals surface area contributed by atoms with Crippen LogP contribution in [-0.2, 0) is 16.6 Å². The van der Waals surface area contributed by atoms with Gasteiger partial charge in [-0.25, -0.2) is 8.42 Å². The van der Waals surface area contributed by atoms with Crippen molar-refractivity contribution in [3.05, 3.63) is 47.5 Å². The van der Waals surface area contributed by atoms with Gasteiger partial charge in [-0.2, -0.15) is 5.10 Å². The second kappa shape index (κ2) is 5.40. The van der Waals surface area contributed by atoms with E-state index >= 15 is 0 Å². The van der Waals surface area contributed by atoms with Crippen molar-refractivity contribution in [3.63, 3.8) is 0 Å². The molecule has 6 nitrogen and oxygen atoms in total. The number of rotatable bonds is 4. The van der Waals surface area contributed by atoms with Gasteiger partial charge < -0.3 is 5.73 Å². The minimum Gasteiger partial charge on any atom is -0.326 e. The van der Waals surface area contributed by atoms with Crippen molar-refractivity contribution in [2.24, 2.45) is 5.73 Å². The molecule has 0 amide bonds. The molecular formula is C13H12N4O2S2. The van der Waals surface area contributed by atoms with E-state index in [4.69, 9.17) is 5.73 Å². The van der Waals surface area contributed by atoms with Crippen LogP contribution in [0.3, 0.4) is 0 Å². The third-order valence-electron chi connectivity index (χ3n) is 2.88. The highest BCUT2D eigenvalue weighted by Crippen LogP contribution is 2.35. The maximum atomic E-state index is 12.6. The Labute approximate surface area is 125 Å². The van der Waals surface area contributed by atoms with E-state index in [1.165, 1.54) is 17.5 Å². The standard InChI is InChI=1S/C13H12N4O2S2/c14-8-11-13(9-4-1-2-5-10(9)20-11)21(18,19)17-12-6-3-7-15-16-12/h1-7H,8,14H2,(H,16,17). The summed E-state index contributed by atoms with van der Waals surface area (Å²) in [4.78, 5) is 0.837. The van der Waals surface area contributed by atoms with E-state index < -0.39 is 10.0 Å². The van der Waals surface area contributed by atoms with Gasteiger partial charge in [0.2, 0.25) is 0 Å². The number of thiophene rings is 1. The molecule has 108 valence electrons. The Morgan fingerprint density at radius 3 is 2.71 bits per heavy atom. The fourth-order valence-electron chi connectivity index (χ4n) is 2.05. The first kappa shape index (κ1) is 13.9. The van der Waals surface area contributed by atoms with Gasteiger partial charge in [-0.1, -0.05) is 18.2 Å². The molecular weight excluding hydrogens is 308 g/mol. The first-order valence-corrected chi connectivity index (χ1v) is 8.43. The lowest BCUT2D eigenvalue weighted by molar-refractivity contribution is 0.601. The van der Waals surface area contributed by atoms with Crippen molar-refractivity contribution in [3.8, 4) is 0 Å². The highest BCUT2D eigenvalue weighted by molar-refractivity contribution is 7.93. The minimum atomic E-state index is -3.76. The Kier molecular flexibility index (Phi) is 3.58. The molecule has 0 aliphatic heterocycles. The maximum Gasteiger partial charge on any atom is 0.264 e. The predicted octanol–water partition coefficient (Wildman–Crippen LogP) is 1.95. The summed E-state index contributed by atoms with van der Waals surface area (Å²) >= 11 is 1.38. The van der Waals surface area contributed by atoms with E-state index in [0.29, 0.717) is 10.3 Å². The fraction of sp³-hybridized carbons (Fsp3) is 0.0769. The summed E-state index contributed by atoms with van der Waals surface area (Å²) < 4.78 is 28.6. The second-order valence-electron chi connectivity index (χ2n) is 4.27. The van der Waals surface area contributed by atoms with Crippen molar-refractivity contribution in [2.45, 2.75) is 11.4 Å². The molecule has 1 aromatic carbocycles. The predicted molar refractivity (Wildman–Crippen MR) is 82.6 cm³/mol. The zero-order chi connectivity index (χ0) is 14.9. The summed E-state index contributed by atoms with van der Waals surface area (Å²) in [5.41, 5.74) is 5.69. The van der Waals surface area contributed by atoms with Crippen LogP contribution >= 0.6 is 11.3 Å². The van der Waals surface area contributed by atoms with E-state index in [0.717, 1.165) is 4.70 Å². The first-order valence-electron chi connectivity index (χ1n) is 6.13. The van der Waals surface area contributed by atoms with Gasteiger partial charge in [-0.05, 0) is 18.2 Å². The van der Waals surface area contributed by atoms with E-state index in [9.17, 15) is 8.42 Å². The van der Waals surface area contributed by atoms with E-state index in [1.54, 1.807) is 24.3 Å². The number of hydrogen-bond acceptors (Lipinski definition) is 6. The van der Waals surface area contributed by atoms with Crippen molar-refractivity contribution in [1.29, 1.82) is 0 Å². The average molecular weight is 320 g/mol. The Morgan fingerprint density at radius 2 is 2.00 bits per heavy atom. The van der Waals surface area contributed by atoms with E-state index in [2.05, 4.69) is 14.9 Å². The maximum absolute atomic E-state index is 12.6. The number of nitrogens with zero attached hydrogens (tertiary/aromatic N) is 2. The summed E-state index contributed by atoms with van der Waals surface area (Å²) in [6.45, 7) is 0.163. The Balaban J connectivity index is 2.14. The van der Waals surface area contributed by atoms with Gasteiger partial charge in [0.05, 0.1) is 0 Å². The van der Waals surface area contributed by atoms with Crippen molar-refractivity contribution >= 4 is 37.3 Å². The van der Waals surface area contributed by atoms with Crippen LogP contribution in [0, 0.1) is 0 Å². The highest BCUT2D eigenvalue weighted by atomic mass is 32.2. The number of nitrogens with two attached hydrogens (primary N) is 1. The van der Waals surface area contributed by atoms with E-state index in [1.807, 2.05) is 12.1 Å². The smallest absolute Gasteiger partial charge is 0.264 e. The number of aromatic nitrogens is 2. The van der Waals surface area contributed by atoms with Crippen molar-refractivity contribution in [1.82, 2.24) is 10.2 Å². The normalized spacial score (nSPS) is 11.7. The number of fused-ring (bicyclic) bond motifs is 1. The van der Waals surface area contributed by atoms with Gasteiger partial charge in [-0.3, -0.25) is 4.72 Å². The van der Waals surface area contributed by atoms with Crippen LogP contribution in [0.15, 0.2) is 47.5 Å². The fourth-order valence-corrected chi connectivity index (χ4v) is 4.88. The number of sulfonamides is 1. The van der Waals surface area contributed by atoms with Gasteiger partial charge in [0.15, 0.2) is 5.82 Å². The Bertz CT molecular complexity index is 876. The molecule has 0 atom stereocenters. The van der Waals surface area contributed by atoms with Crippen LogP contribution in [0.2, 0.25) is 0 Å². The molecule has 0 bridgehead atoms. The molecule has 2 heterocycles. The first-order chi connectivity index (χ1) is 10.1. The molecule has 0 saturated carbocycles. The molecule has 0 radical (unpaired) electrons. The molecule has 0 unspecified atom stereocenters. The largest absolute Gasteiger partial charge is 0.326 e. The molecule has 0 fully saturated rings. The lowest BCUT2D eigenvalue weighted by Crippen LogP contribution is -2.16. The van der Waals surface area contributed by atoms with Gasteiger partial charge in [0.25, 0.3) is 10.0 Å². The molecule has 2 aromatic heterocycles. The Morgan fingerprint density at radius 1 is 1.19 bits per heavy atom. The van der Waals surface area contributed by atoms with Gasteiger partial charge in [-0.15, -0.1) is 16.4 Å². The molecule has 0 aliphatic rings. The van der Waals surface area contributed by atoms with E-state index in [-0.39, 0.29) is 17.3 Å². The Hall–Kier alpha value is -2.03. The van der Waals surface area contributed by atoms with Crippen LogP contribution in [0.5, 0.6) is 0 Å². The summed E-state index contributed by atoms with van der Waals surface area (Å²) in [5, 5.41) is 8.06. The third kappa shape index (κ3) is 2.60. The SMILES string of the molecule is NCc1sc2ccccc2c1S(=O)(=O)Nc1cccnn1. The number of anilines is 1. The second-order valence-corrected chi connectivity index (χ2v) is 7.03. The topological polar surface area (TPSA) is 98.0 Å². The van der Waals surface area contributed by atoms with Crippen LogP contribution in [0.1, 0.15) is 4.88 Å². The van der Waals surface area contributed by atoms with Crippen LogP contribution < -0.4 is 10.5 Å². The minimum absolute atomic E-state index is 0.163. The van der Waals surface area contributed by atoms with Crippen LogP contribution in [0.4, 0.5) is 5.82 Å². The summed E-state index contributed by atoms with van der Waals surface area (Å²) in [7, 11) is -3.76. The van der Waals surface area contributed by atoms with Crippen molar-refractivity contribution < 1.29 is 8.42 Å². The molecule has 3 aromatic rings. The lowest BCUT2D eigenvalue weighted by atomic mass is 10.2. The van der Waals surface area contributed by atoms with Crippen molar-refractivity contribution in [2.75, 3.05) is 4.72 Å². The number of nitrogens with one attached hydrogen (secondary N) is 1. The average Bonchev–Trinajstić information content (AvgIpc) is 2.87. The molecule has 8 heteroatoms. The van der Waals surface area contributed by atoms with Gasteiger partial charge in [0.1, 0.15) is 4.90 Å². The zero-order valence-corrected chi connectivity index (χ0v) is 12.5. The zero-order valence-electron chi connectivity index (χ0n) is 10.9. The lowest BCUT2D eigenvalue weighted by Gasteiger charge is -2.07. The number of benzene rings is 1. The quantitative estimate of drug-likeness (QED) is 0.765. The number of hydrogen-bond donors (Lipinski definition) is 2. The third-order valence-corrected chi connectivity index (χ3v) is 5.69. The molecule has 21 heavy (non-hydrogen) atoms. The van der Waals surface area contributed by atoms with Crippen LogP contribution in [-0.4, -0.2) is 18.6 Å². The summed E-state index contributed by atoms with van der Waals surface area (Å²) in [5.74, 6) is 0.177. The molecule has 0 saturated heterocycles. The highest BCUT2D eigenvalue weighted by Gasteiger charge is 2.24. The molecule has 0 spiro atoms. The molecule has 3 rings (SSSR count). The molecule has 3 N–H and O–H groups in total. The summed E-state index contributed by atoms with van der Waals surface area (Å²) in [6.07, 6.45) is 1.48. The van der Waals surface area contributed by atoms with Crippen LogP contribution in [0.25, 0.3) is 10.1 Å². The monoisotopic (exact) mass is 320 g/mol. The van der Waals surface area contributed by atoms with Gasteiger partial charge in [0, 0.05) is 27.7 Å². The van der Waals surface area contributed by atoms with Gasteiger partial charge >= 0.3 is 0 Å². The summed E-state index contributed by atoms with van der Waals surface area (Å²) in [6, 6.07) is 10.5. The molecule has 0 aliphatic carbocycles.